The van der Waals surface area contributed by atoms with Crippen molar-refractivity contribution in [1.29, 1.82) is 0 Å². The van der Waals surface area contributed by atoms with Crippen LogP contribution in [0.4, 0.5) is 11.4 Å². The van der Waals surface area contributed by atoms with Gasteiger partial charge in [0.15, 0.2) is 5.69 Å². The number of esters is 1. The van der Waals surface area contributed by atoms with E-state index in [1.807, 2.05) is 13.0 Å². The quantitative estimate of drug-likeness (QED) is 0.613. The molecule has 1 aliphatic rings. The van der Waals surface area contributed by atoms with Crippen molar-refractivity contribution >= 4 is 34.3 Å². The summed E-state index contributed by atoms with van der Waals surface area (Å²) in [6.45, 7) is 3.91. The average Bonchev–Trinajstić information content (AvgIpc) is 2.79. The number of hydrogen-bond donors (Lipinski definition) is 2. The number of ether oxygens (including phenoxy) is 1. The van der Waals surface area contributed by atoms with Crippen molar-refractivity contribution in [3.05, 3.63) is 18.0 Å². The Morgan fingerprint density at radius 1 is 1.26 bits per heavy atom. The summed E-state index contributed by atoms with van der Waals surface area (Å²) in [5.74, 6) is -0.727. The molecule has 146 valence electrons. The Kier molecular flexibility index (Phi) is 5.98. The fourth-order valence-corrected chi connectivity index (χ4v) is 3.88. The highest BCUT2D eigenvalue weighted by Gasteiger charge is 2.25. The van der Waals surface area contributed by atoms with Gasteiger partial charge in [0, 0.05) is 24.9 Å². The Balaban J connectivity index is 2.05. The summed E-state index contributed by atoms with van der Waals surface area (Å²) in [6, 6.07) is 2.40. The molecule has 7 heteroatoms. The van der Waals surface area contributed by atoms with Gasteiger partial charge in [-0.05, 0) is 25.8 Å². The zero-order chi connectivity index (χ0) is 19.4. The maximum Gasteiger partial charge on any atom is 0.356 e. The zero-order valence-corrected chi connectivity index (χ0v) is 16.3. The lowest BCUT2D eigenvalue weighted by molar-refractivity contribution is -0.114. The number of aromatic nitrogens is 2. The molecule has 2 aromatic rings. The minimum atomic E-state index is -0.489. The molecular formula is C20H28N4O3. The molecule has 1 fully saturated rings. The van der Waals surface area contributed by atoms with Crippen LogP contribution in [-0.4, -0.2) is 34.6 Å². The number of nitrogens with zero attached hydrogens (tertiary/aromatic N) is 2. The van der Waals surface area contributed by atoms with Gasteiger partial charge in [-0.15, -0.1) is 0 Å². The summed E-state index contributed by atoms with van der Waals surface area (Å²) in [4.78, 5) is 28.7. The molecule has 2 heterocycles. The molecule has 2 N–H and O–H groups in total. The fraction of sp³-hybridized carbons (Fsp3) is 0.550. The normalized spacial score (nSPS) is 15.4. The van der Waals surface area contributed by atoms with Crippen LogP contribution in [0.3, 0.4) is 0 Å². The Bertz CT molecular complexity index is 835. The molecule has 0 unspecified atom stereocenters. The molecule has 0 radical (unpaired) electrons. The molecule has 0 spiro atoms. The molecule has 1 saturated carbocycles. The second kappa shape index (κ2) is 8.41. The number of rotatable bonds is 5. The number of pyridine rings is 1. The SMILES string of the molecule is CCn1c(C(=O)OC)c(NC(C)=O)c2cc(NC3CCCCCC3)cnc21. The van der Waals surface area contributed by atoms with Crippen molar-refractivity contribution in [2.24, 2.45) is 0 Å². The number of hydrogen-bond acceptors (Lipinski definition) is 5. The van der Waals surface area contributed by atoms with Crippen LogP contribution in [0.2, 0.25) is 0 Å². The van der Waals surface area contributed by atoms with Crippen molar-refractivity contribution in [3.63, 3.8) is 0 Å². The number of methoxy groups -OCH3 is 1. The monoisotopic (exact) mass is 372 g/mol. The Hall–Kier alpha value is -2.57. The smallest absolute Gasteiger partial charge is 0.356 e. The number of aryl methyl sites for hydroxylation is 1. The number of carbonyl (C=O) groups excluding carboxylic acids is 2. The van der Waals surface area contributed by atoms with Gasteiger partial charge in [0.1, 0.15) is 5.65 Å². The minimum absolute atomic E-state index is 0.238. The molecule has 0 bridgehead atoms. The maximum absolute atomic E-state index is 12.4. The summed E-state index contributed by atoms with van der Waals surface area (Å²) in [5.41, 5.74) is 2.35. The number of amides is 1. The van der Waals surface area contributed by atoms with E-state index in [1.165, 1.54) is 39.7 Å². The average molecular weight is 372 g/mol. The van der Waals surface area contributed by atoms with Crippen LogP contribution < -0.4 is 10.6 Å². The Labute approximate surface area is 159 Å². The molecule has 7 nitrogen and oxygen atoms in total. The molecule has 1 amide bonds. The van der Waals surface area contributed by atoms with Gasteiger partial charge in [-0.25, -0.2) is 9.78 Å². The zero-order valence-electron chi connectivity index (χ0n) is 16.3. The van der Waals surface area contributed by atoms with Crippen LogP contribution >= 0.6 is 0 Å². The fourth-order valence-electron chi connectivity index (χ4n) is 3.88. The van der Waals surface area contributed by atoms with E-state index in [2.05, 4.69) is 15.6 Å². The predicted octanol–water partition coefficient (Wildman–Crippen LogP) is 3.94. The lowest BCUT2D eigenvalue weighted by Crippen LogP contribution is -2.18. The van der Waals surface area contributed by atoms with Gasteiger partial charge in [0.05, 0.1) is 24.7 Å². The molecule has 2 aromatic heterocycles. The van der Waals surface area contributed by atoms with Crippen LogP contribution in [0.15, 0.2) is 12.3 Å². The number of anilines is 2. The Morgan fingerprint density at radius 2 is 1.96 bits per heavy atom. The largest absolute Gasteiger partial charge is 0.464 e. The molecule has 27 heavy (non-hydrogen) atoms. The van der Waals surface area contributed by atoms with E-state index < -0.39 is 5.97 Å². The van der Waals surface area contributed by atoms with Crippen LogP contribution in [0.5, 0.6) is 0 Å². The summed E-state index contributed by atoms with van der Waals surface area (Å²) in [6.07, 6.45) is 9.18. The first kappa shape index (κ1) is 19.2. The van der Waals surface area contributed by atoms with E-state index in [4.69, 9.17) is 4.74 Å². The third kappa shape index (κ3) is 4.07. The van der Waals surface area contributed by atoms with Gasteiger partial charge < -0.3 is 19.9 Å². The lowest BCUT2D eigenvalue weighted by atomic mass is 10.1. The summed E-state index contributed by atoms with van der Waals surface area (Å²) in [5, 5.41) is 7.12. The first-order valence-corrected chi connectivity index (χ1v) is 9.69. The first-order chi connectivity index (χ1) is 13.0. The van der Waals surface area contributed by atoms with E-state index in [-0.39, 0.29) is 5.91 Å². The molecule has 3 rings (SSSR count). The van der Waals surface area contributed by atoms with Gasteiger partial charge in [-0.2, -0.15) is 0 Å². The molecule has 0 aromatic carbocycles. The van der Waals surface area contributed by atoms with Crippen LogP contribution in [0, 0.1) is 0 Å². The number of fused-ring (bicyclic) bond motifs is 1. The van der Waals surface area contributed by atoms with E-state index >= 15 is 0 Å². The van der Waals surface area contributed by atoms with E-state index in [1.54, 1.807) is 10.8 Å². The first-order valence-electron chi connectivity index (χ1n) is 9.69. The maximum atomic E-state index is 12.4. The van der Waals surface area contributed by atoms with E-state index in [0.29, 0.717) is 29.6 Å². The molecule has 0 aliphatic heterocycles. The topological polar surface area (TPSA) is 85.2 Å². The van der Waals surface area contributed by atoms with E-state index in [0.717, 1.165) is 23.9 Å². The van der Waals surface area contributed by atoms with Crippen LogP contribution in [0.1, 0.15) is 62.9 Å². The van der Waals surface area contributed by atoms with Crippen molar-refractivity contribution in [2.45, 2.75) is 65.0 Å². The van der Waals surface area contributed by atoms with Crippen molar-refractivity contribution in [2.75, 3.05) is 17.7 Å². The number of carbonyl (C=O) groups is 2. The van der Waals surface area contributed by atoms with Gasteiger partial charge in [0.25, 0.3) is 0 Å². The summed E-state index contributed by atoms with van der Waals surface area (Å²) < 4.78 is 6.72. The van der Waals surface area contributed by atoms with Crippen molar-refractivity contribution in [3.8, 4) is 0 Å². The highest BCUT2D eigenvalue weighted by atomic mass is 16.5. The third-order valence-electron chi connectivity index (χ3n) is 5.12. The predicted molar refractivity (Wildman–Crippen MR) is 106 cm³/mol. The highest BCUT2D eigenvalue weighted by molar-refractivity contribution is 6.10. The molecule has 0 saturated heterocycles. The standard InChI is InChI=1S/C20H28N4O3/c1-4-24-18(20(26)27-3)17(22-13(2)25)16-11-15(12-21-19(16)24)23-14-9-7-5-6-8-10-14/h11-12,14,23H,4-10H2,1-3H3,(H,22,25). The summed E-state index contributed by atoms with van der Waals surface area (Å²) >= 11 is 0. The van der Waals surface area contributed by atoms with Crippen LogP contribution in [-0.2, 0) is 16.1 Å². The van der Waals surface area contributed by atoms with E-state index in [9.17, 15) is 9.59 Å². The molecule has 1 aliphatic carbocycles. The van der Waals surface area contributed by atoms with Crippen LogP contribution in [0.25, 0.3) is 11.0 Å². The minimum Gasteiger partial charge on any atom is -0.464 e. The Morgan fingerprint density at radius 3 is 2.56 bits per heavy atom. The molecule has 0 atom stereocenters. The lowest BCUT2D eigenvalue weighted by Gasteiger charge is -2.17. The second-order valence-electron chi connectivity index (χ2n) is 7.07. The second-order valence-corrected chi connectivity index (χ2v) is 7.07. The van der Waals surface area contributed by atoms with Crippen molar-refractivity contribution < 1.29 is 14.3 Å². The highest BCUT2D eigenvalue weighted by Crippen LogP contribution is 2.33. The van der Waals surface area contributed by atoms with Gasteiger partial charge in [-0.1, -0.05) is 25.7 Å². The van der Waals surface area contributed by atoms with Gasteiger partial charge in [0.2, 0.25) is 5.91 Å². The summed E-state index contributed by atoms with van der Waals surface area (Å²) in [7, 11) is 1.34. The van der Waals surface area contributed by atoms with Gasteiger partial charge >= 0.3 is 5.97 Å². The molecular weight excluding hydrogens is 344 g/mol. The van der Waals surface area contributed by atoms with Crippen molar-refractivity contribution in [1.82, 2.24) is 9.55 Å². The third-order valence-corrected chi connectivity index (χ3v) is 5.12. The number of nitrogens with one attached hydrogen (secondary N) is 2. The van der Waals surface area contributed by atoms with Gasteiger partial charge in [-0.3, -0.25) is 4.79 Å².